The number of fused-ring (bicyclic) bond motifs is 1. The largest absolute Gasteiger partial charge is 0.355 e. The molecule has 1 aromatic heterocycles. The van der Waals surface area contributed by atoms with Crippen molar-refractivity contribution in [2.75, 3.05) is 16.8 Å². The zero-order valence-electron chi connectivity index (χ0n) is 9.52. The number of hydrogen-bond acceptors (Lipinski definition) is 3. The lowest BCUT2D eigenvalue weighted by atomic mass is 10.2. The smallest absolute Gasteiger partial charge is 0.243 e. The van der Waals surface area contributed by atoms with Crippen molar-refractivity contribution < 1.29 is 4.79 Å². The summed E-state index contributed by atoms with van der Waals surface area (Å²) < 4.78 is 1.09. The first-order chi connectivity index (χ1) is 8.72. The molecule has 5 heteroatoms. The topological polar surface area (TPSA) is 32.3 Å². The first kappa shape index (κ1) is 11.7. The number of para-hydroxylation sites is 2. The van der Waals surface area contributed by atoms with Crippen molar-refractivity contribution in [3.05, 3.63) is 45.1 Å². The lowest BCUT2D eigenvalue weighted by Gasteiger charge is -2.30. The van der Waals surface area contributed by atoms with Crippen LogP contribution in [0.3, 0.4) is 0 Å². The maximum Gasteiger partial charge on any atom is 0.243 e. The Hall–Kier alpha value is -1.33. The van der Waals surface area contributed by atoms with E-state index in [2.05, 4.69) is 37.6 Å². The predicted molar refractivity (Wildman–Crippen MR) is 78.1 cm³/mol. The van der Waals surface area contributed by atoms with Crippen LogP contribution in [-0.2, 0) is 11.3 Å². The Balaban J connectivity index is 1.90. The average Bonchev–Trinajstić information content (AvgIpc) is 2.74. The number of hydrogen-bond donors (Lipinski definition) is 1. The van der Waals surface area contributed by atoms with Crippen molar-refractivity contribution in [2.45, 2.75) is 6.54 Å². The molecule has 3 rings (SSSR count). The highest BCUT2D eigenvalue weighted by atomic mass is 79.9. The SMILES string of the molecule is O=C1CN(Cc2cc(Br)cs2)c2ccccc2N1. The van der Waals surface area contributed by atoms with Gasteiger partial charge in [0.2, 0.25) is 5.91 Å². The molecule has 0 radical (unpaired) electrons. The standard InChI is InChI=1S/C13H11BrN2OS/c14-9-5-10(18-8-9)6-16-7-13(17)15-11-3-1-2-4-12(11)16/h1-5,8H,6-7H2,(H,15,17). The van der Waals surface area contributed by atoms with Crippen LogP contribution in [0, 0.1) is 0 Å². The maximum atomic E-state index is 11.7. The lowest BCUT2D eigenvalue weighted by Crippen LogP contribution is -2.37. The van der Waals surface area contributed by atoms with Crippen molar-refractivity contribution in [1.82, 2.24) is 0 Å². The van der Waals surface area contributed by atoms with Gasteiger partial charge in [-0.3, -0.25) is 4.79 Å². The summed E-state index contributed by atoms with van der Waals surface area (Å²) in [4.78, 5) is 15.0. The van der Waals surface area contributed by atoms with Gasteiger partial charge in [-0.15, -0.1) is 11.3 Å². The average molecular weight is 323 g/mol. The fourth-order valence-electron chi connectivity index (χ4n) is 2.07. The summed E-state index contributed by atoms with van der Waals surface area (Å²) in [6.45, 7) is 1.17. The van der Waals surface area contributed by atoms with E-state index >= 15 is 0 Å². The van der Waals surface area contributed by atoms with E-state index in [0.717, 1.165) is 22.4 Å². The van der Waals surface area contributed by atoms with Gasteiger partial charge >= 0.3 is 0 Å². The van der Waals surface area contributed by atoms with Gasteiger partial charge in [-0.2, -0.15) is 0 Å². The number of carbonyl (C=O) groups is 1. The van der Waals surface area contributed by atoms with E-state index in [4.69, 9.17) is 0 Å². The van der Waals surface area contributed by atoms with Crippen molar-refractivity contribution >= 4 is 44.5 Å². The minimum absolute atomic E-state index is 0.0457. The van der Waals surface area contributed by atoms with Crippen molar-refractivity contribution in [1.29, 1.82) is 0 Å². The number of carbonyl (C=O) groups excluding carboxylic acids is 1. The molecule has 0 atom stereocenters. The third kappa shape index (κ3) is 2.28. The number of benzene rings is 1. The third-order valence-electron chi connectivity index (χ3n) is 2.82. The molecule has 1 aliphatic heterocycles. The number of amides is 1. The highest BCUT2D eigenvalue weighted by Crippen LogP contribution is 2.31. The van der Waals surface area contributed by atoms with Crippen molar-refractivity contribution in [3.8, 4) is 0 Å². The highest BCUT2D eigenvalue weighted by molar-refractivity contribution is 9.10. The second-order valence-electron chi connectivity index (χ2n) is 4.15. The van der Waals surface area contributed by atoms with Crippen LogP contribution >= 0.6 is 27.3 Å². The zero-order valence-corrected chi connectivity index (χ0v) is 11.9. The van der Waals surface area contributed by atoms with Crippen LogP contribution in [0.5, 0.6) is 0 Å². The Kier molecular flexibility index (Phi) is 3.09. The molecule has 1 amide bonds. The first-order valence-corrected chi connectivity index (χ1v) is 7.26. The van der Waals surface area contributed by atoms with Gasteiger partial charge in [-0.25, -0.2) is 0 Å². The van der Waals surface area contributed by atoms with Gasteiger partial charge in [0.05, 0.1) is 24.5 Å². The Morgan fingerprint density at radius 2 is 2.22 bits per heavy atom. The minimum Gasteiger partial charge on any atom is -0.355 e. The summed E-state index contributed by atoms with van der Waals surface area (Å²) >= 11 is 5.15. The number of anilines is 2. The molecule has 1 N–H and O–H groups in total. The van der Waals surface area contributed by atoms with Crippen LogP contribution in [0.15, 0.2) is 40.2 Å². The molecule has 0 saturated heterocycles. The summed E-state index contributed by atoms with van der Waals surface area (Å²) in [7, 11) is 0. The fraction of sp³-hybridized carbons (Fsp3) is 0.154. The van der Waals surface area contributed by atoms with Gasteiger partial charge in [0, 0.05) is 14.7 Å². The van der Waals surface area contributed by atoms with Crippen LogP contribution in [-0.4, -0.2) is 12.5 Å². The van der Waals surface area contributed by atoms with Crippen LogP contribution < -0.4 is 10.2 Å². The summed E-state index contributed by atoms with van der Waals surface area (Å²) in [5.41, 5.74) is 1.98. The summed E-state index contributed by atoms with van der Waals surface area (Å²) in [6.07, 6.45) is 0. The molecular formula is C13H11BrN2OS. The van der Waals surface area contributed by atoms with Crippen molar-refractivity contribution in [3.63, 3.8) is 0 Å². The van der Waals surface area contributed by atoms with Gasteiger partial charge in [0.25, 0.3) is 0 Å². The summed E-state index contributed by atoms with van der Waals surface area (Å²) in [6, 6.07) is 10.00. The van der Waals surface area contributed by atoms with E-state index < -0.39 is 0 Å². The molecule has 92 valence electrons. The van der Waals surface area contributed by atoms with E-state index in [0.29, 0.717) is 6.54 Å². The molecule has 0 aliphatic carbocycles. The Bertz CT molecular complexity index is 596. The van der Waals surface area contributed by atoms with Gasteiger partial charge in [-0.05, 0) is 34.1 Å². The number of thiophene rings is 1. The fourth-order valence-corrected chi connectivity index (χ4v) is 3.53. The molecular weight excluding hydrogens is 312 g/mol. The molecule has 0 spiro atoms. The molecule has 0 fully saturated rings. The van der Waals surface area contributed by atoms with Crippen LogP contribution in [0.1, 0.15) is 4.88 Å². The Morgan fingerprint density at radius 1 is 1.39 bits per heavy atom. The van der Waals surface area contributed by atoms with Gasteiger partial charge in [-0.1, -0.05) is 12.1 Å². The van der Waals surface area contributed by atoms with Gasteiger partial charge in [0.1, 0.15) is 0 Å². The molecule has 0 bridgehead atoms. The van der Waals surface area contributed by atoms with E-state index in [9.17, 15) is 4.79 Å². The number of nitrogens with zero attached hydrogens (tertiary/aromatic N) is 1. The number of halogens is 1. The Labute approximate surface area is 118 Å². The van der Waals surface area contributed by atoms with Crippen LogP contribution in [0.4, 0.5) is 11.4 Å². The van der Waals surface area contributed by atoms with E-state index in [1.54, 1.807) is 11.3 Å². The molecule has 18 heavy (non-hydrogen) atoms. The predicted octanol–water partition coefficient (Wildman–Crippen LogP) is 3.47. The molecule has 3 nitrogen and oxygen atoms in total. The van der Waals surface area contributed by atoms with Crippen LogP contribution in [0.2, 0.25) is 0 Å². The maximum absolute atomic E-state index is 11.7. The third-order valence-corrected chi connectivity index (χ3v) is 4.50. The second kappa shape index (κ2) is 4.74. The monoisotopic (exact) mass is 322 g/mol. The molecule has 0 saturated carbocycles. The van der Waals surface area contributed by atoms with E-state index in [-0.39, 0.29) is 5.91 Å². The van der Waals surface area contributed by atoms with Crippen molar-refractivity contribution in [2.24, 2.45) is 0 Å². The minimum atomic E-state index is 0.0457. The van der Waals surface area contributed by atoms with Gasteiger partial charge in [0.15, 0.2) is 0 Å². The normalized spacial score (nSPS) is 14.3. The summed E-state index contributed by atoms with van der Waals surface area (Å²) in [5, 5.41) is 4.96. The quantitative estimate of drug-likeness (QED) is 0.918. The van der Waals surface area contributed by atoms with E-state index in [1.165, 1.54) is 4.88 Å². The van der Waals surface area contributed by atoms with Crippen LogP contribution in [0.25, 0.3) is 0 Å². The molecule has 0 unspecified atom stereocenters. The summed E-state index contributed by atoms with van der Waals surface area (Å²) in [5.74, 6) is 0.0457. The highest BCUT2D eigenvalue weighted by Gasteiger charge is 2.21. The molecule has 2 heterocycles. The molecule has 1 aromatic carbocycles. The lowest BCUT2D eigenvalue weighted by molar-refractivity contribution is -0.115. The number of rotatable bonds is 2. The molecule has 1 aliphatic rings. The first-order valence-electron chi connectivity index (χ1n) is 5.59. The van der Waals surface area contributed by atoms with Gasteiger partial charge < -0.3 is 10.2 Å². The Morgan fingerprint density at radius 3 is 3.00 bits per heavy atom. The number of nitrogens with one attached hydrogen (secondary N) is 1. The second-order valence-corrected chi connectivity index (χ2v) is 6.06. The molecule has 2 aromatic rings. The van der Waals surface area contributed by atoms with E-state index in [1.807, 2.05) is 24.3 Å². The zero-order chi connectivity index (χ0) is 12.5.